The first-order chi connectivity index (χ1) is 9.51. The summed E-state index contributed by atoms with van der Waals surface area (Å²) < 4.78 is 7.94. The first-order valence-electron chi connectivity index (χ1n) is 5.58. The maximum atomic E-state index is 6.04. The van der Waals surface area contributed by atoms with Crippen molar-refractivity contribution in [3.05, 3.63) is 48.5 Å². The highest BCUT2D eigenvalue weighted by molar-refractivity contribution is 9.11. The number of nitrogens with one attached hydrogen (secondary N) is 1. The van der Waals surface area contributed by atoms with Gasteiger partial charge in [-0.05, 0) is 71.6 Å². The second-order valence-electron chi connectivity index (χ2n) is 3.94. The van der Waals surface area contributed by atoms with Gasteiger partial charge in [-0.25, -0.2) is 4.98 Å². The molecule has 0 radical (unpaired) electrons. The van der Waals surface area contributed by atoms with E-state index in [4.69, 9.17) is 16.3 Å². The van der Waals surface area contributed by atoms with Crippen LogP contribution in [0.25, 0.3) is 0 Å². The van der Waals surface area contributed by atoms with Gasteiger partial charge in [0.15, 0.2) is 5.15 Å². The van der Waals surface area contributed by atoms with Crippen molar-refractivity contribution in [2.45, 2.75) is 6.54 Å². The van der Waals surface area contributed by atoms with Crippen molar-refractivity contribution in [3.8, 4) is 5.75 Å². The first-order valence-corrected chi connectivity index (χ1v) is 8.33. The fourth-order valence-corrected chi connectivity index (χ4v) is 3.76. The molecule has 0 aliphatic heterocycles. The Morgan fingerprint density at radius 3 is 2.45 bits per heavy atom. The Morgan fingerprint density at radius 1 is 1.20 bits per heavy atom. The van der Waals surface area contributed by atoms with Crippen molar-refractivity contribution in [2.75, 3.05) is 12.4 Å². The Morgan fingerprint density at radius 2 is 1.85 bits per heavy atom. The van der Waals surface area contributed by atoms with Crippen LogP contribution in [0.2, 0.25) is 5.15 Å². The molecule has 0 aliphatic carbocycles. The first kappa shape index (κ1) is 16.1. The molecule has 2 aromatic rings. The fourth-order valence-electron chi connectivity index (χ4n) is 1.65. The lowest BCUT2D eigenvalue weighted by Gasteiger charge is -2.11. The minimum Gasteiger partial charge on any atom is -0.494 e. The number of anilines is 1. The lowest BCUT2D eigenvalue weighted by Crippen LogP contribution is -2.01. The van der Waals surface area contributed by atoms with Gasteiger partial charge in [0.1, 0.15) is 5.75 Å². The number of halogens is 4. The molecule has 0 atom stereocenters. The summed E-state index contributed by atoms with van der Waals surface area (Å²) in [6, 6.07) is 5.88. The Hall–Kier alpha value is -0.300. The predicted molar refractivity (Wildman–Crippen MR) is 92.7 cm³/mol. The molecule has 20 heavy (non-hydrogen) atoms. The summed E-state index contributed by atoms with van der Waals surface area (Å²) in [6.45, 7) is 0.624. The van der Waals surface area contributed by atoms with Crippen LogP contribution in [0, 0.1) is 0 Å². The molecule has 1 aromatic heterocycles. The molecule has 1 N–H and O–H groups in total. The molecular weight excluding hydrogens is 475 g/mol. The molecule has 0 bridgehead atoms. The second-order valence-corrected chi connectivity index (χ2v) is 6.92. The average Bonchev–Trinajstić information content (AvgIpc) is 2.39. The molecule has 7 heteroatoms. The molecule has 1 heterocycles. The third-order valence-corrected chi connectivity index (χ3v) is 4.46. The number of hydrogen-bond acceptors (Lipinski definition) is 3. The van der Waals surface area contributed by atoms with Crippen LogP contribution in [-0.2, 0) is 6.54 Å². The molecule has 0 amide bonds. The monoisotopic (exact) mass is 482 g/mol. The number of methoxy groups -OCH3 is 1. The lowest BCUT2D eigenvalue weighted by atomic mass is 10.2. The van der Waals surface area contributed by atoms with Crippen LogP contribution in [0.1, 0.15) is 5.56 Å². The van der Waals surface area contributed by atoms with Crippen LogP contribution in [0.3, 0.4) is 0 Å². The number of hydrogen-bond donors (Lipinski definition) is 1. The smallest absolute Gasteiger partial charge is 0.152 e. The SMILES string of the molecule is COc1c(Br)cc(CNc2cc(Br)cnc2Cl)cc1Br. The zero-order valence-corrected chi connectivity index (χ0v) is 15.9. The molecule has 0 saturated carbocycles. The minimum absolute atomic E-state index is 0.444. The molecule has 1 aromatic carbocycles. The van der Waals surface area contributed by atoms with E-state index in [0.29, 0.717) is 11.7 Å². The van der Waals surface area contributed by atoms with Crippen LogP contribution in [-0.4, -0.2) is 12.1 Å². The third kappa shape index (κ3) is 3.87. The van der Waals surface area contributed by atoms with Crippen LogP contribution in [0.15, 0.2) is 37.8 Å². The quantitative estimate of drug-likeness (QED) is 0.569. The van der Waals surface area contributed by atoms with Crippen LogP contribution in [0.4, 0.5) is 5.69 Å². The van der Waals surface area contributed by atoms with E-state index in [1.165, 1.54) is 0 Å². The van der Waals surface area contributed by atoms with E-state index in [0.717, 1.165) is 30.4 Å². The molecule has 0 unspecified atom stereocenters. The normalized spacial score (nSPS) is 10.4. The summed E-state index contributed by atoms with van der Waals surface area (Å²) in [6.07, 6.45) is 1.66. The fraction of sp³-hybridized carbons (Fsp3) is 0.154. The topological polar surface area (TPSA) is 34.1 Å². The molecule has 2 rings (SSSR count). The van der Waals surface area contributed by atoms with Gasteiger partial charge in [0.2, 0.25) is 0 Å². The average molecular weight is 485 g/mol. The molecule has 106 valence electrons. The van der Waals surface area contributed by atoms with Crippen molar-refractivity contribution in [1.29, 1.82) is 0 Å². The summed E-state index contributed by atoms with van der Waals surface area (Å²) in [5.74, 6) is 0.774. The zero-order chi connectivity index (χ0) is 14.7. The van der Waals surface area contributed by atoms with E-state index in [9.17, 15) is 0 Å². The van der Waals surface area contributed by atoms with Crippen molar-refractivity contribution >= 4 is 65.1 Å². The van der Waals surface area contributed by atoms with Crippen LogP contribution >= 0.6 is 59.4 Å². The van der Waals surface area contributed by atoms with Gasteiger partial charge in [-0.15, -0.1) is 0 Å². The van der Waals surface area contributed by atoms with Crippen molar-refractivity contribution in [2.24, 2.45) is 0 Å². The van der Waals surface area contributed by atoms with Crippen molar-refractivity contribution in [1.82, 2.24) is 4.98 Å². The van der Waals surface area contributed by atoms with Gasteiger partial charge in [-0.1, -0.05) is 11.6 Å². The van der Waals surface area contributed by atoms with Crippen LogP contribution < -0.4 is 10.1 Å². The van der Waals surface area contributed by atoms with Gasteiger partial charge in [0.25, 0.3) is 0 Å². The van der Waals surface area contributed by atoms with Gasteiger partial charge in [0, 0.05) is 17.2 Å². The van der Waals surface area contributed by atoms with E-state index in [1.54, 1.807) is 13.3 Å². The summed E-state index contributed by atoms with van der Waals surface area (Å²) in [5.41, 5.74) is 1.87. The van der Waals surface area contributed by atoms with Crippen LogP contribution in [0.5, 0.6) is 5.75 Å². The Bertz CT molecular complexity index is 614. The summed E-state index contributed by atoms with van der Waals surface area (Å²) in [4.78, 5) is 4.07. The van der Waals surface area contributed by atoms with E-state index in [-0.39, 0.29) is 0 Å². The predicted octanol–water partition coefficient (Wildman–Crippen LogP) is 5.64. The van der Waals surface area contributed by atoms with E-state index < -0.39 is 0 Å². The van der Waals surface area contributed by atoms with E-state index in [1.807, 2.05) is 18.2 Å². The van der Waals surface area contributed by atoms with Gasteiger partial charge >= 0.3 is 0 Å². The summed E-state index contributed by atoms with van der Waals surface area (Å²) in [5, 5.41) is 3.70. The standard InChI is InChI=1S/C13H10Br3ClN2O/c1-20-12-9(15)2-7(3-10(12)16)5-18-11-4-8(14)6-19-13(11)17/h2-4,6,18H,5H2,1H3. The molecule has 0 saturated heterocycles. The van der Waals surface area contributed by atoms with E-state index >= 15 is 0 Å². The lowest BCUT2D eigenvalue weighted by molar-refractivity contribution is 0.409. The number of ether oxygens (including phenoxy) is 1. The largest absolute Gasteiger partial charge is 0.494 e. The van der Waals surface area contributed by atoms with E-state index in [2.05, 4.69) is 58.1 Å². The Kier molecular flexibility index (Phi) is 5.72. The Balaban J connectivity index is 2.17. The number of benzene rings is 1. The molecular formula is C13H10Br3ClN2O. The summed E-state index contributed by atoms with van der Waals surface area (Å²) >= 11 is 16.4. The third-order valence-electron chi connectivity index (χ3n) is 2.55. The summed E-state index contributed by atoms with van der Waals surface area (Å²) in [7, 11) is 1.63. The minimum atomic E-state index is 0.444. The molecule has 0 aliphatic rings. The highest BCUT2D eigenvalue weighted by Gasteiger charge is 2.08. The van der Waals surface area contributed by atoms with Crippen molar-refractivity contribution < 1.29 is 4.74 Å². The Labute approximate surface area is 147 Å². The zero-order valence-electron chi connectivity index (χ0n) is 10.4. The van der Waals surface area contributed by atoms with Gasteiger partial charge in [0.05, 0.1) is 21.7 Å². The highest BCUT2D eigenvalue weighted by Crippen LogP contribution is 2.34. The number of nitrogens with zero attached hydrogens (tertiary/aromatic N) is 1. The maximum Gasteiger partial charge on any atom is 0.152 e. The van der Waals surface area contributed by atoms with Crippen molar-refractivity contribution in [3.63, 3.8) is 0 Å². The van der Waals surface area contributed by atoms with Gasteiger partial charge in [-0.3, -0.25) is 0 Å². The maximum absolute atomic E-state index is 6.04. The van der Waals surface area contributed by atoms with Gasteiger partial charge < -0.3 is 10.1 Å². The second kappa shape index (κ2) is 7.11. The molecule has 0 spiro atoms. The number of aromatic nitrogens is 1. The molecule has 0 fully saturated rings. The highest BCUT2D eigenvalue weighted by atomic mass is 79.9. The number of pyridine rings is 1. The molecule has 3 nitrogen and oxygen atoms in total. The van der Waals surface area contributed by atoms with Gasteiger partial charge in [-0.2, -0.15) is 0 Å². The number of rotatable bonds is 4.